The summed E-state index contributed by atoms with van der Waals surface area (Å²) in [7, 11) is 3.20. The van der Waals surface area contributed by atoms with Gasteiger partial charge in [0, 0.05) is 12.1 Å². The Hall–Kier alpha value is -3.17. The number of benzene rings is 3. The van der Waals surface area contributed by atoms with Crippen molar-refractivity contribution in [3.63, 3.8) is 0 Å². The van der Waals surface area contributed by atoms with Crippen LogP contribution >= 0.6 is 35.0 Å². The number of amidine groups is 1. The van der Waals surface area contributed by atoms with Crippen LogP contribution in [0.15, 0.2) is 70.6 Å². The molecule has 39 heavy (non-hydrogen) atoms. The second kappa shape index (κ2) is 13.8. The molecule has 0 bridgehead atoms. The lowest BCUT2D eigenvalue weighted by atomic mass is 10.1. The first-order valence-corrected chi connectivity index (χ1v) is 13.8. The normalized spacial score (nSPS) is 15.3. The fourth-order valence-electron chi connectivity index (χ4n) is 3.70. The van der Waals surface area contributed by atoms with E-state index in [1.807, 2.05) is 49.4 Å². The summed E-state index contributed by atoms with van der Waals surface area (Å²) in [4.78, 5) is 20.2. The highest BCUT2D eigenvalue weighted by molar-refractivity contribution is 8.18. The summed E-state index contributed by atoms with van der Waals surface area (Å²) in [5.74, 6) is 1.49. The second-order valence-corrected chi connectivity index (χ2v) is 10.2. The van der Waals surface area contributed by atoms with Gasteiger partial charge in [-0.2, -0.15) is 0 Å². The number of rotatable bonds is 11. The van der Waals surface area contributed by atoms with Gasteiger partial charge in [-0.1, -0.05) is 35.3 Å². The van der Waals surface area contributed by atoms with Crippen LogP contribution < -0.4 is 14.2 Å². The molecule has 0 radical (unpaired) electrons. The van der Waals surface area contributed by atoms with Gasteiger partial charge in [0.15, 0.2) is 16.7 Å². The molecule has 0 saturated carbocycles. The summed E-state index contributed by atoms with van der Waals surface area (Å²) in [6.45, 7) is 3.35. The van der Waals surface area contributed by atoms with Crippen LogP contribution in [-0.2, 0) is 16.1 Å². The van der Waals surface area contributed by atoms with Gasteiger partial charge in [-0.25, -0.2) is 4.99 Å². The number of nitrogens with zero attached hydrogens (tertiary/aromatic N) is 2. The number of hydrogen-bond acceptors (Lipinski definition) is 7. The van der Waals surface area contributed by atoms with E-state index >= 15 is 0 Å². The molecule has 0 N–H and O–H groups in total. The molecule has 10 heteroatoms. The Morgan fingerprint density at radius 2 is 1.74 bits per heavy atom. The first kappa shape index (κ1) is 28.8. The van der Waals surface area contributed by atoms with Crippen LogP contribution in [-0.4, -0.2) is 50.0 Å². The summed E-state index contributed by atoms with van der Waals surface area (Å²) < 4.78 is 22.3. The highest BCUT2D eigenvalue weighted by Gasteiger charge is 2.33. The van der Waals surface area contributed by atoms with Crippen LogP contribution in [0.4, 0.5) is 5.69 Å². The first-order valence-electron chi connectivity index (χ1n) is 12.2. The molecule has 4 rings (SSSR count). The van der Waals surface area contributed by atoms with Gasteiger partial charge in [-0.15, -0.1) is 0 Å². The maximum absolute atomic E-state index is 13.3. The van der Waals surface area contributed by atoms with E-state index in [1.54, 1.807) is 43.4 Å². The summed E-state index contributed by atoms with van der Waals surface area (Å²) in [6.07, 6.45) is 1.78. The molecule has 1 saturated heterocycles. The predicted octanol–water partition coefficient (Wildman–Crippen LogP) is 7.23. The minimum Gasteiger partial charge on any atom is -0.497 e. The quantitative estimate of drug-likeness (QED) is 0.221. The fraction of sp³-hybridized carbons (Fsp3) is 0.241. The van der Waals surface area contributed by atoms with Gasteiger partial charge < -0.3 is 18.9 Å². The van der Waals surface area contributed by atoms with Gasteiger partial charge in [-0.05, 0) is 84.4 Å². The standard InChI is InChI=1S/C29H28Cl2N2O5S/c1-4-37-25-16-20(15-24(31)27(25)38-18-19-5-7-21(30)8-6-19)17-26-28(34)33(13-14-35-2)29(39-26)32-22-9-11-23(36-3)12-10-22/h5-12,15-17H,4,13-14,18H2,1-3H3/b26-17-,32-29?. The fourth-order valence-corrected chi connectivity index (χ4v) is 5.12. The smallest absolute Gasteiger partial charge is 0.266 e. The molecule has 0 aromatic heterocycles. The van der Waals surface area contributed by atoms with E-state index in [9.17, 15) is 4.79 Å². The number of hydrogen-bond donors (Lipinski definition) is 0. The first-order chi connectivity index (χ1) is 18.9. The molecule has 7 nitrogen and oxygen atoms in total. The molecule has 3 aromatic carbocycles. The van der Waals surface area contributed by atoms with Crippen molar-refractivity contribution in [1.82, 2.24) is 4.90 Å². The molecule has 1 aliphatic rings. The van der Waals surface area contributed by atoms with E-state index in [4.69, 9.17) is 47.1 Å². The summed E-state index contributed by atoms with van der Waals surface area (Å²) in [5.41, 5.74) is 2.35. The van der Waals surface area contributed by atoms with E-state index in [2.05, 4.69) is 0 Å². The van der Waals surface area contributed by atoms with E-state index in [1.165, 1.54) is 11.8 Å². The number of carbonyl (C=O) groups excluding carboxylic acids is 1. The third-order valence-electron chi connectivity index (χ3n) is 5.63. The third-order valence-corrected chi connectivity index (χ3v) is 7.17. The Bertz CT molecular complexity index is 1360. The van der Waals surface area contributed by atoms with Crippen molar-refractivity contribution < 1.29 is 23.7 Å². The van der Waals surface area contributed by atoms with Crippen LogP contribution in [0.1, 0.15) is 18.1 Å². The van der Waals surface area contributed by atoms with Crippen LogP contribution in [0.5, 0.6) is 17.2 Å². The topological polar surface area (TPSA) is 69.6 Å². The van der Waals surface area contributed by atoms with Gasteiger partial charge in [0.1, 0.15) is 12.4 Å². The number of thioether (sulfide) groups is 1. The SMILES string of the molecule is CCOc1cc(/C=C2\SC(=Nc3ccc(OC)cc3)N(CCOC)C2=O)cc(Cl)c1OCc1ccc(Cl)cc1. The van der Waals surface area contributed by atoms with Crippen molar-refractivity contribution in [3.8, 4) is 17.2 Å². The highest BCUT2D eigenvalue weighted by atomic mass is 35.5. The molecule has 3 aromatic rings. The zero-order chi connectivity index (χ0) is 27.8. The van der Waals surface area contributed by atoms with Gasteiger partial charge in [0.05, 0.1) is 42.5 Å². The molecule has 1 fully saturated rings. The molecule has 1 aliphatic heterocycles. The number of halogens is 2. The Morgan fingerprint density at radius 1 is 1.00 bits per heavy atom. The number of carbonyl (C=O) groups is 1. The molecule has 0 aliphatic carbocycles. The van der Waals surface area contributed by atoms with E-state index in [-0.39, 0.29) is 5.91 Å². The van der Waals surface area contributed by atoms with Gasteiger partial charge in [0.25, 0.3) is 5.91 Å². The molecular formula is C29H28Cl2N2O5S. The Kier molecular flexibility index (Phi) is 10.2. The average molecular weight is 588 g/mol. The van der Waals surface area contributed by atoms with Gasteiger partial charge in [-0.3, -0.25) is 9.69 Å². The molecule has 0 atom stereocenters. The van der Waals surface area contributed by atoms with Crippen LogP contribution in [0.2, 0.25) is 10.0 Å². The third kappa shape index (κ3) is 7.48. The molecule has 204 valence electrons. The zero-order valence-electron chi connectivity index (χ0n) is 21.8. The highest BCUT2D eigenvalue weighted by Crippen LogP contribution is 2.40. The predicted molar refractivity (Wildman–Crippen MR) is 158 cm³/mol. The van der Waals surface area contributed by atoms with Crippen molar-refractivity contribution >= 4 is 57.8 Å². The molecular weight excluding hydrogens is 559 g/mol. The van der Waals surface area contributed by atoms with Crippen LogP contribution in [0.3, 0.4) is 0 Å². The van der Waals surface area contributed by atoms with Crippen molar-refractivity contribution in [1.29, 1.82) is 0 Å². The minimum atomic E-state index is -0.165. The Morgan fingerprint density at radius 3 is 2.41 bits per heavy atom. The van der Waals surface area contributed by atoms with E-state index in [0.717, 1.165) is 11.3 Å². The number of aliphatic imine (C=N–C) groups is 1. The monoisotopic (exact) mass is 586 g/mol. The summed E-state index contributed by atoms with van der Waals surface area (Å²) in [6, 6.07) is 18.3. The number of amides is 1. The lowest BCUT2D eigenvalue weighted by molar-refractivity contribution is -0.122. The maximum Gasteiger partial charge on any atom is 0.266 e. The molecule has 0 spiro atoms. The number of ether oxygens (including phenoxy) is 4. The van der Waals surface area contributed by atoms with Crippen LogP contribution in [0.25, 0.3) is 6.08 Å². The van der Waals surface area contributed by atoms with Crippen molar-refractivity contribution in [2.75, 3.05) is 34.0 Å². The Labute approximate surface area is 242 Å². The summed E-state index contributed by atoms with van der Waals surface area (Å²) >= 11 is 13.9. The molecule has 1 heterocycles. The minimum absolute atomic E-state index is 0.165. The van der Waals surface area contributed by atoms with Crippen molar-refractivity contribution in [3.05, 3.63) is 86.7 Å². The lowest BCUT2D eigenvalue weighted by Gasteiger charge is -2.15. The molecule has 0 unspecified atom stereocenters. The van der Waals surface area contributed by atoms with Gasteiger partial charge >= 0.3 is 0 Å². The van der Waals surface area contributed by atoms with E-state index < -0.39 is 0 Å². The Balaban J connectivity index is 1.61. The number of methoxy groups -OCH3 is 2. The average Bonchev–Trinajstić information content (AvgIpc) is 3.21. The second-order valence-electron chi connectivity index (χ2n) is 8.33. The van der Waals surface area contributed by atoms with E-state index in [0.29, 0.717) is 69.2 Å². The largest absolute Gasteiger partial charge is 0.497 e. The van der Waals surface area contributed by atoms with Crippen molar-refractivity contribution in [2.24, 2.45) is 4.99 Å². The van der Waals surface area contributed by atoms with Crippen molar-refractivity contribution in [2.45, 2.75) is 13.5 Å². The van der Waals surface area contributed by atoms with Gasteiger partial charge in [0.2, 0.25) is 0 Å². The van der Waals surface area contributed by atoms with Crippen LogP contribution in [0, 0.1) is 0 Å². The lowest BCUT2D eigenvalue weighted by Crippen LogP contribution is -2.32. The maximum atomic E-state index is 13.3. The zero-order valence-corrected chi connectivity index (χ0v) is 24.1. The summed E-state index contributed by atoms with van der Waals surface area (Å²) in [5, 5.41) is 1.59. The molecule has 1 amide bonds.